The van der Waals surface area contributed by atoms with Crippen LogP contribution in [0.2, 0.25) is 5.15 Å². The molecule has 5 aromatic rings. The van der Waals surface area contributed by atoms with Crippen LogP contribution < -0.4 is 5.32 Å². The molecule has 5 nitrogen and oxygen atoms in total. The predicted octanol–water partition coefficient (Wildman–Crippen LogP) is 5.91. The number of carbonyl (C=O) groups is 1. The van der Waals surface area contributed by atoms with Gasteiger partial charge in [0.25, 0.3) is 5.91 Å². The summed E-state index contributed by atoms with van der Waals surface area (Å²) in [6.07, 6.45) is 0. The third kappa shape index (κ3) is 3.34. The molecular formula is C23H17ClN4OS. The van der Waals surface area contributed by atoms with Gasteiger partial charge in [0, 0.05) is 5.39 Å². The van der Waals surface area contributed by atoms with Crippen LogP contribution in [-0.4, -0.2) is 20.7 Å². The summed E-state index contributed by atoms with van der Waals surface area (Å²) in [5.74, 6) is -0.305. The standard InChI is InChI=1S/C23H17ClN4OS/c1-14-19(21(24)28(27-14)13-15-7-3-2-4-8-15)22(29)26-23-25-20-17-10-6-5-9-16(17)11-12-18(20)30-23/h2-12H,13H2,1H3,(H,25,26,29). The quantitative estimate of drug-likeness (QED) is 0.384. The molecule has 148 valence electrons. The van der Waals surface area contributed by atoms with Gasteiger partial charge in [-0.25, -0.2) is 9.67 Å². The first-order valence-electron chi connectivity index (χ1n) is 9.46. The summed E-state index contributed by atoms with van der Waals surface area (Å²) in [4.78, 5) is 17.6. The highest BCUT2D eigenvalue weighted by atomic mass is 35.5. The van der Waals surface area contributed by atoms with Crippen LogP contribution in [0.25, 0.3) is 21.0 Å². The van der Waals surface area contributed by atoms with Crippen molar-refractivity contribution in [3.05, 3.63) is 88.7 Å². The molecule has 0 fully saturated rings. The molecule has 0 atom stereocenters. The maximum Gasteiger partial charge on any atom is 0.262 e. The number of nitrogens with one attached hydrogen (secondary N) is 1. The maximum atomic E-state index is 13.0. The largest absolute Gasteiger partial charge is 0.298 e. The van der Waals surface area contributed by atoms with Crippen molar-refractivity contribution in [2.75, 3.05) is 5.32 Å². The van der Waals surface area contributed by atoms with E-state index in [1.54, 1.807) is 11.6 Å². The molecule has 30 heavy (non-hydrogen) atoms. The molecule has 7 heteroatoms. The highest BCUT2D eigenvalue weighted by molar-refractivity contribution is 7.22. The van der Waals surface area contributed by atoms with Crippen molar-refractivity contribution in [3.63, 3.8) is 0 Å². The van der Waals surface area contributed by atoms with Crippen LogP contribution in [-0.2, 0) is 6.54 Å². The minimum atomic E-state index is -0.305. The van der Waals surface area contributed by atoms with E-state index in [0.29, 0.717) is 28.1 Å². The Labute approximate surface area is 181 Å². The second-order valence-corrected chi connectivity index (χ2v) is 8.39. The molecular weight excluding hydrogens is 416 g/mol. The van der Waals surface area contributed by atoms with E-state index in [1.165, 1.54) is 11.3 Å². The Balaban J connectivity index is 1.45. The molecule has 0 unspecified atom stereocenters. The second-order valence-electron chi connectivity index (χ2n) is 7.00. The van der Waals surface area contributed by atoms with Crippen LogP contribution in [0.1, 0.15) is 21.6 Å². The van der Waals surface area contributed by atoms with Gasteiger partial charge in [0.1, 0.15) is 5.15 Å². The van der Waals surface area contributed by atoms with Crippen molar-refractivity contribution in [1.82, 2.24) is 14.8 Å². The molecule has 0 radical (unpaired) electrons. The van der Waals surface area contributed by atoms with Gasteiger partial charge >= 0.3 is 0 Å². The first kappa shape index (κ1) is 18.8. The van der Waals surface area contributed by atoms with Gasteiger partial charge in [-0.15, -0.1) is 0 Å². The number of fused-ring (bicyclic) bond motifs is 3. The summed E-state index contributed by atoms with van der Waals surface area (Å²) in [6, 6.07) is 22.1. The molecule has 1 amide bonds. The van der Waals surface area contributed by atoms with Crippen molar-refractivity contribution in [1.29, 1.82) is 0 Å². The van der Waals surface area contributed by atoms with Crippen LogP contribution in [0.3, 0.4) is 0 Å². The Morgan fingerprint density at radius 1 is 1.07 bits per heavy atom. The number of thiazole rings is 1. The number of hydrogen-bond donors (Lipinski definition) is 1. The molecule has 3 aromatic carbocycles. The second kappa shape index (κ2) is 7.55. The van der Waals surface area contributed by atoms with Gasteiger partial charge in [-0.3, -0.25) is 10.1 Å². The average Bonchev–Trinajstić information content (AvgIpc) is 3.28. The third-order valence-electron chi connectivity index (χ3n) is 4.97. The SMILES string of the molecule is Cc1nn(Cc2ccccc2)c(Cl)c1C(=O)Nc1nc2c(ccc3ccccc32)s1. The van der Waals surface area contributed by atoms with Crippen molar-refractivity contribution < 1.29 is 4.79 Å². The topological polar surface area (TPSA) is 59.8 Å². The molecule has 0 bridgehead atoms. The minimum absolute atomic E-state index is 0.305. The van der Waals surface area contributed by atoms with Crippen LogP contribution in [0.4, 0.5) is 5.13 Å². The number of halogens is 1. The molecule has 1 N–H and O–H groups in total. The Morgan fingerprint density at radius 3 is 2.67 bits per heavy atom. The number of nitrogens with zero attached hydrogens (tertiary/aromatic N) is 3. The molecule has 0 aliphatic heterocycles. The predicted molar refractivity (Wildman–Crippen MR) is 123 cm³/mol. The zero-order valence-electron chi connectivity index (χ0n) is 16.1. The number of aryl methyl sites for hydroxylation is 1. The molecule has 0 saturated heterocycles. The van der Waals surface area contributed by atoms with Gasteiger partial charge in [-0.05, 0) is 23.9 Å². The van der Waals surface area contributed by atoms with Crippen LogP contribution in [0, 0.1) is 6.92 Å². The zero-order chi connectivity index (χ0) is 20.7. The lowest BCUT2D eigenvalue weighted by atomic mass is 10.1. The number of aromatic nitrogens is 3. The summed E-state index contributed by atoms with van der Waals surface area (Å²) in [7, 11) is 0. The van der Waals surface area contributed by atoms with E-state index >= 15 is 0 Å². The first-order valence-corrected chi connectivity index (χ1v) is 10.7. The summed E-state index contributed by atoms with van der Waals surface area (Å²) >= 11 is 7.96. The fourth-order valence-corrected chi connectivity index (χ4v) is 4.74. The van der Waals surface area contributed by atoms with E-state index in [2.05, 4.69) is 27.5 Å². The Kier molecular flexibility index (Phi) is 4.73. The molecule has 5 rings (SSSR count). The van der Waals surface area contributed by atoms with Gasteiger partial charge in [0.2, 0.25) is 0 Å². The van der Waals surface area contributed by atoms with Crippen molar-refractivity contribution in [2.24, 2.45) is 0 Å². The van der Waals surface area contributed by atoms with E-state index in [9.17, 15) is 4.79 Å². The van der Waals surface area contributed by atoms with Crippen molar-refractivity contribution in [2.45, 2.75) is 13.5 Å². The average molecular weight is 433 g/mol. The van der Waals surface area contributed by atoms with Crippen LogP contribution in [0.5, 0.6) is 0 Å². The Hall–Kier alpha value is -3.22. The van der Waals surface area contributed by atoms with E-state index in [1.807, 2.05) is 54.6 Å². The van der Waals surface area contributed by atoms with Crippen molar-refractivity contribution in [3.8, 4) is 0 Å². The van der Waals surface area contributed by atoms with E-state index in [4.69, 9.17) is 11.6 Å². The lowest BCUT2D eigenvalue weighted by Gasteiger charge is -2.04. The summed E-state index contributed by atoms with van der Waals surface area (Å²) in [6.45, 7) is 2.29. The highest BCUT2D eigenvalue weighted by Gasteiger charge is 2.21. The van der Waals surface area contributed by atoms with Crippen LogP contribution >= 0.6 is 22.9 Å². The van der Waals surface area contributed by atoms with E-state index < -0.39 is 0 Å². The fraction of sp³-hybridized carbons (Fsp3) is 0.0870. The summed E-state index contributed by atoms with van der Waals surface area (Å²) in [5.41, 5.74) is 2.90. The molecule has 0 saturated carbocycles. The van der Waals surface area contributed by atoms with Crippen LogP contribution in [0.15, 0.2) is 66.7 Å². The number of rotatable bonds is 4. The molecule has 2 heterocycles. The third-order valence-corrected chi connectivity index (χ3v) is 6.29. The minimum Gasteiger partial charge on any atom is -0.298 e. The maximum absolute atomic E-state index is 13.0. The molecule has 0 aliphatic rings. The lowest BCUT2D eigenvalue weighted by molar-refractivity contribution is 0.102. The zero-order valence-corrected chi connectivity index (χ0v) is 17.7. The monoisotopic (exact) mass is 432 g/mol. The highest BCUT2D eigenvalue weighted by Crippen LogP contribution is 2.32. The smallest absolute Gasteiger partial charge is 0.262 e. The fourth-order valence-electron chi connectivity index (χ4n) is 3.55. The van der Waals surface area contributed by atoms with Crippen molar-refractivity contribution >= 4 is 55.0 Å². The number of carbonyl (C=O) groups excluding carboxylic acids is 1. The number of amides is 1. The number of hydrogen-bond acceptors (Lipinski definition) is 4. The van der Waals surface area contributed by atoms with Gasteiger partial charge in [0.05, 0.1) is 28.0 Å². The summed E-state index contributed by atoms with van der Waals surface area (Å²) < 4.78 is 2.67. The molecule has 0 aliphatic carbocycles. The van der Waals surface area contributed by atoms with E-state index in [0.717, 1.165) is 26.6 Å². The van der Waals surface area contributed by atoms with Gasteiger partial charge in [-0.1, -0.05) is 83.6 Å². The molecule has 0 spiro atoms. The van der Waals surface area contributed by atoms with Gasteiger partial charge in [0.15, 0.2) is 5.13 Å². The normalized spacial score (nSPS) is 11.3. The Morgan fingerprint density at radius 2 is 1.83 bits per heavy atom. The number of benzene rings is 3. The Bertz CT molecular complexity index is 1390. The van der Waals surface area contributed by atoms with E-state index in [-0.39, 0.29) is 5.91 Å². The first-order chi connectivity index (χ1) is 14.6. The summed E-state index contributed by atoms with van der Waals surface area (Å²) in [5, 5.41) is 10.4. The lowest BCUT2D eigenvalue weighted by Crippen LogP contribution is -2.13. The molecule has 2 aromatic heterocycles. The van der Waals surface area contributed by atoms with Gasteiger partial charge < -0.3 is 0 Å². The number of anilines is 1. The van der Waals surface area contributed by atoms with Gasteiger partial charge in [-0.2, -0.15) is 5.10 Å².